The standard InChI is InChI=1S/C3H6F2N.ClH/c4-2-1-3(5)6;/h1,3H,2,6H2;1H. The van der Waals surface area contributed by atoms with Crippen molar-refractivity contribution < 1.29 is 8.78 Å². The molecule has 0 saturated carbocycles. The Labute approximate surface area is 47.3 Å². The Morgan fingerprint density at radius 1 is 1.71 bits per heavy atom. The SMILES string of the molecule is Cl.NC(F)[CH]CF. The number of rotatable bonds is 2. The van der Waals surface area contributed by atoms with Crippen LogP contribution in [0.3, 0.4) is 0 Å². The lowest BCUT2D eigenvalue weighted by Gasteiger charge is -1.89. The second-order valence-corrected chi connectivity index (χ2v) is 0.834. The zero-order valence-electron chi connectivity index (χ0n) is 3.60. The highest BCUT2D eigenvalue weighted by Crippen LogP contribution is 1.84. The summed E-state index contributed by atoms with van der Waals surface area (Å²) in [5.41, 5.74) is 4.44. The maximum atomic E-state index is 11.2. The van der Waals surface area contributed by atoms with E-state index in [4.69, 9.17) is 0 Å². The summed E-state index contributed by atoms with van der Waals surface area (Å²) in [6.07, 6.45) is -0.866. The molecule has 0 saturated heterocycles. The monoisotopic (exact) mass is 130 g/mol. The molecule has 0 aliphatic carbocycles. The highest BCUT2D eigenvalue weighted by Gasteiger charge is 1.93. The van der Waals surface area contributed by atoms with Crippen molar-refractivity contribution in [1.82, 2.24) is 0 Å². The molecule has 0 aliphatic heterocycles. The fourth-order valence-corrected chi connectivity index (χ4v) is 0.0851. The molecule has 7 heavy (non-hydrogen) atoms. The molecule has 1 unspecified atom stereocenters. The Kier molecular flexibility index (Phi) is 8.87. The van der Waals surface area contributed by atoms with Crippen LogP contribution in [0.4, 0.5) is 8.78 Å². The molecule has 45 valence electrons. The molecular formula is C3H7ClF2N. The van der Waals surface area contributed by atoms with Crippen molar-refractivity contribution in [2.45, 2.75) is 6.30 Å². The van der Waals surface area contributed by atoms with Crippen LogP contribution >= 0.6 is 12.4 Å². The van der Waals surface area contributed by atoms with E-state index in [2.05, 4.69) is 5.73 Å². The molecule has 0 rings (SSSR count). The van der Waals surface area contributed by atoms with Gasteiger partial charge in [0.15, 0.2) is 6.30 Å². The molecule has 1 atom stereocenters. The highest BCUT2D eigenvalue weighted by atomic mass is 35.5. The van der Waals surface area contributed by atoms with E-state index in [1.54, 1.807) is 0 Å². The Bertz CT molecular complexity index is 34.1. The molecular weight excluding hydrogens is 123 g/mol. The molecule has 2 N–H and O–H groups in total. The quantitative estimate of drug-likeness (QED) is 0.551. The van der Waals surface area contributed by atoms with Crippen molar-refractivity contribution in [3.8, 4) is 0 Å². The predicted octanol–water partition coefficient (Wildman–Crippen LogP) is 0.836. The normalized spacial score (nSPS) is 12.4. The van der Waals surface area contributed by atoms with Gasteiger partial charge in [-0.25, -0.2) is 4.39 Å². The third-order valence-electron chi connectivity index (χ3n) is 0.314. The van der Waals surface area contributed by atoms with Crippen LogP contribution in [0.15, 0.2) is 0 Å². The Balaban J connectivity index is 0. The summed E-state index contributed by atoms with van der Waals surface area (Å²) in [5, 5.41) is 0. The van der Waals surface area contributed by atoms with Gasteiger partial charge in [-0.05, 0) is 0 Å². The minimum absolute atomic E-state index is 0. The lowest BCUT2D eigenvalue weighted by Crippen LogP contribution is -2.13. The van der Waals surface area contributed by atoms with E-state index in [-0.39, 0.29) is 12.4 Å². The first kappa shape index (κ1) is 10.2. The molecule has 0 spiro atoms. The summed E-state index contributed by atoms with van der Waals surface area (Å²) in [4.78, 5) is 0. The number of hydrogen-bond donors (Lipinski definition) is 1. The average molecular weight is 131 g/mol. The minimum atomic E-state index is -1.60. The van der Waals surface area contributed by atoms with Crippen molar-refractivity contribution in [2.75, 3.05) is 6.67 Å². The van der Waals surface area contributed by atoms with Crippen LogP contribution in [0.5, 0.6) is 0 Å². The summed E-state index contributed by atoms with van der Waals surface area (Å²) in [5.74, 6) is 0. The molecule has 0 amide bonds. The maximum Gasteiger partial charge on any atom is 0.154 e. The summed E-state index contributed by atoms with van der Waals surface area (Å²) in [6, 6.07) is 0. The highest BCUT2D eigenvalue weighted by molar-refractivity contribution is 5.85. The number of nitrogens with two attached hydrogens (primary N) is 1. The van der Waals surface area contributed by atoms with Crippen LogP contribution in [0.2, 0.25) is 0 Å². The van der Waals surface area contributed by atoms with Crippen LogP contribution in [0.25, 0.3) is 0 Å². The van der Waals surface area contributed by atoms with Crippen LogP contribution in [-0.4, -0.2) is 13.0 Å². The van der Waals surface area contributed by atoms with Crippen molar-refractivity contribution in [3.63, 3.8) is 0 Å². The Morgan fingerprint density at radius 2 is 2.14 bits per heavy atom. The fraction of sp³-hybridized carbons (Fsp3) is 0.667. The van der Waals surface area contributed by atoms with Gasteiger partial charge in [0, 0.05) is 6.42 Å². The van der Waals surface area contributed by atoms with Crippen molar-refractivity contribution >= 4 is 12.4 Å². The summed E-state index contributed by atoms with van der Waals surface area (Å²) >= 11 is 0. The number of halogens is 3. The minimum Gasteiger partial charge on any atom is -0.301 e. The van der Waals surface area contributed by atoms with E-state index in [1.807, 2.05) is 0 Å². The van der Waals surface area contributed by atoms with Crippen molar-refractivity contribution in [2.24, 2.45) is 5.73 Å². The summed E-state index contributed by atoms with van der Waals surface area (Å²) < 4.78 is 22.1. The third kappa shape index (κ3) is 10.7. The smallest absolute Gasteiger partial charge is 0.154 e. The molecule has 1 nitrogen and oxygen atoms in total. The molecule has 0 aliphatic rings. The molecule has 0 aromatic rings. The Hall–Kier alpha value is 0.110. The molecule has 0 aromatic heterocycles. The number of hydrogen-bond acceptors (Lipinski definition) is 1. The second kappa shape index (κ2) is 6.11. The van der Waals surface area contributed by atoms with Crippen LogP contribution in [0.1, 0.15) is 0 Å². The van der Waals surface area contributed by atoms with E-state index in [9.17, 15) is 8.78 Å². The molecule has 1 radical (unpaired) electrons. The van der Waals surface area contributed by atoms with E-state index in [1.165, 1.54) is 0 Å². The van der Waals surface area contributed by atoms with Gasteiger partial charge in [-0.15, -0.1) is 12.4 Å². The van der Waals surface area contributed by atoms with Gasteiger partial charge >= 0.3 is 0 Å². The average Bonchev–Trinajstić information content (AvgIpc) is 1.35. The lowest BCUT2D eigenvalue weighted by atomic mass is 10.5. The maximum absolute atomic E-state index is 11.2. The summed E-state index contributed by atoms with van der Waals surface area (Å²) in [6.45, 7) is -0.794. The first-order chi connectivity index (χ1) is 2.77. The lowest BCUT2D eigenvalue weighted by molar-refractivity contribution is 0.359. The molecule has 0 bridgehead atoms. The molecule has 0 heterocycles. The largest absolute Gasteiger partial charge is 0.301 e. The van der Waals surface area contributed by atoms with E-state index >= 15 is 0 Å². The molecule has 0 aromatic carbocycles. The molecule has 4 heteroatoms. The van der Waals surface area contributed by atoms with E-state index < -0.39 is 13.0 Å². The van der Waals surface area contributed by atoms with Gasteiger partial charge in [0.1, 0.15) is 0 Å². The van der Waals surface area contributed by atoms with Gasteiger partial charge in [0.2, 0.25) is 0 Å². The molecule has 0 fully saturated rings. The topological polar surface area (TPSA) is 26.0 Å². The van der Waals surface area contributed by atoms with Gasteiger partial charge in [0.05, 0.1) is 6.67 Å². The summed E-state index contributed by atoms with van der Waals surface area (Å²) in [7, 11) is 0. The van der Waals surface area contributed by atoms with Crippen LogP contribution < -0.4 is 5.73 Å². The van der Waals surface area contributed by atoms with Gasteiger partial charge < -0.3 is 5.73 Å². The van der Waals surface area contributed by atoms with Crippen LogP contribution in [0, 0.1) is 6.42 Å². The van der Waals surface area contributed by atoms with Crippen molar-refractivity contribution in [1.29, 1.82) is 0 Å². The Morgan fingerprint density at radius 3 is 2.14 bits per heavy atom. The zero-order chi connectivity index (χ0) is 4.99. The first-order valence-corrected chi connectivity index (χ1v) is 1.56. The van der Waals surface area contributed by atoms with Gasteiger partial charge in [-0.2, -0.15) is 0 Å². The number of alkyl halides is 2. The van der Waals surface area contributed by atoms with E-state index in [0.29, 0.717) is 0 Å². The second-order valence-electron chi connectivity index (χ2n) is 0.834. The van der Waals surface area contributed by atoms with Gasteiger partial charge in [-0.3, -0.25) is 4.39 Å². The van der Waals surface area contributed by atoms with Crippen LogP contribution in [-0.2, 0) is 0 Å². The predicted molar refractivity (Wildman–Crippen MR) is 26.6 cm³/mol. The van der Waals surface area contributed by atoms with Gasteiger partial charge in [-0.1, -0.05) is 0 Å². The van der Waals surface area contributed by atoms with Crippen molar-refractivity contribution in [3.05, 3.63) is 6.42 Å². The van der Waals surface area contributed by atoms with Gasteiger partial charge in [0.25, 0.3) is 0 Å². The third-order valence-corrected chi connectivity index (χ3v) is 0.314. The van der Waals surface area contributed by atoms with E-state index in [0.717, 1.165) is 6.42 Å². The fourth-order valence-electron chi connectivity index (χ4n) is 0.0851. The zero-order valence-corrected chi connectivity index (χ0v) is 4.42. The first-order valence-electron chi connectivity index (χ1n) is 1.56.